The van der Waals surface area contributed by atoms with Gasteiger partial charge in [-0.05, 0) is 24.7 Å². The molecule has 5 unspecified atom stereocenters. The van der Waals surface area contributed by atoms with Crippen LogP contribution in [-0.4, -0.2) is 30.5 Å². The first-order valence-electron chi connectivity index (χ1n) is 4.59. The first kappa shape index (κ1) is 8.20. The molecule has 1 heterocycles. The minimum atomic E-state index is -3.47. The van der Waals surface area contributed by atoms with E-state index in [2.05, 4.69) is 0 Å². The first-order valence-corrected chi connectivity index (χ1v) is 6.07. The Labute approximate surface area is 77.0 Å². The van der Waals surface area contributed by atoms with Crippen molar-refractivity contribution in [2.45, 2.75) is 36.7 Å². The highest BCUT2D eigenvalue weighted by atomic mass is 32.2. The van der Waals surface area contributed by atoms with Crippen LogP contribution in [0.15, 0.2) is 0 Å². The molecule has 1 aliphatic heterocycles. The predicted molar refractivity (Wildman–Crippen MR) is 44.4 cm³/mol. The summed E-state index contributed by atoms with van der Waals surface area (Å²) in [6, 6.07) is 0. The van der Waals surface area contributed by atoms with Gasteiger partial charge in [0.15, 0.2) is 0 Å². The van der Waals surface area contributed by atoms with Gasteiger partial charge >= 0.3 is 0 Å². The fraction of sp³-hybridized carbons (Fsp3) is 1.00. The lowest BCUT2D eigenvalue weighted by molar-refractivity contribution is -0.0248. The second-order valence-electron chi connectivity index (χ2n) is 4.55. The van der Waals surface area contributed by atoms with Gasteiger partial charge in [-0.15, -0.1) is 0 Å². The average molecular weight is 204 g/mol. The molecule has 2 aliphatic carbocycles. The van der Waals surface area contributed by atoms with Crippen LogP contribution in [0.2, 0.25) is 0 Å². The maximum Gasteiger partial charge on any atom is 0.273 e. The quantitative estimate of drug-likeness (QED) is 0.558. The summed E-state index contributed by atoms with van der Waals surface area (Å²) in [5.74, 6) is 0.510. The summed E-state index contributed by atoms with van der Waals surface area (Å²) in [6.07, 6.45) is 0.709. The topological polar surface area (TPSA) is 63.6 Å². The molecule has 13 heavy (non-hydrogen) atoms. The highest BCUT2D eigenvalue weighted by molar-refractivity contribution is 7.87. The van der Waals surface area contributed by atoms with Crippen LogP contribution >= 0.6 is 0 Å². The van der Waals surface area contributed by atoms with E-state index in [4.69, 9.17) is 4.18 Å². The molecule has 1 saturated heterocycles. The Hall–Kier alpha value is -0.130. The molecule has 3 fully saturated rings. The van der Waals surface area contributed by atoms with Crippen molar-refractivity contribution in [2.24, 2.45) is 11.8 Å². The normalized spacial score (nSPS) is 61.7. The van der Waals surface area contributed by atoms with Gasteiger partial charge in [-0.25, -0.2) is 0 Å². The number of aliphatic hydroxyl groups is 1. The molecule has 74 valence electrons. The first-order chi connectivity index (χ1) is 5.95. The Bertz CT molecular complexity index is 362. The summed E-state index contributed by atoms with van der Waals surface area (Å²) in [4.78, 5) is 0. The summed E-state index contributed by atoms with van der Waals surface area (Å²) >= 11 is 0. The van der Waals surface area contributed by atoms with Gasteiger partial charge in [-0.2, -0.15) is 8.42 Å². The zero-order valence-electron chi connectivity index (χ0n) is 7.30. The zero-order valence-corrected chi connectivity index (χ0v) is 8.12. The van der Waals surface area contributed by atoms with Crippen LogP contribution in [0, 0.1) is 11.8 Å². The summed E-state index contributed by atoms with van der Waals surface area (Å²) in [6.45, 7) is 1.96. The maximum atomic E-state index is 11.4. The van der Waals surface area contributed by atoms with Gasteiger partial charge < -0.3 is 5.11 Å². The van der Waals surface area contributed by atoms with Gasteiger partial charge in [0.25, 0.3) is 10.1 Å². The van der Waals surface area contributed by atoms with E-state index in [1.807, 2.05) is 6.92 Å². The minimum Gasteiger partial charge on any atom is -0.386 e. The lowest BCUT2D eigenvalue weighted by atomic mass is 9.86. The Morgan fingerprint density at radius 1 is 1.54 bits per heavy atom. The Kier molecular flexibility index (Phi) is 1.23. The average Bonchev–Trinajstić information content (AvgIpc) is 2.49. The molecular formula is C8H12O4S. The minimum absolute atomic E-state index is 0.179. The van der Waals surface area contributed by atoms with Gasteiger partial charge in [-0.1, -0.05) is 6.92 Å². The van der Waals surface area contributed by atoms with Crippen molar-refractivity contribution in [1.29, 1.82) is 0 Å². The standard InChI is InChI=1S/C8H12O4S/c1-4-5-2-6-8(9,3-5)7(4)12-13(6,10)11/h4-7,9H,2-3H2,1H3. The van der Waals surface area contributed by atoms with Crippen molar-refractivity contribution in [2.75, 3.05) is 0 Å². The molecule has 3 rings (SSSR count). The van der Waals surface area contributed by atoms with Gasteiger partial charge in [0, 0.05) is 0 Å². The zero-order chi connectivity index (χ0) is 9.43. The van der Waals surface area contributed by atoms with Crippen LogP contribution in [-0.2, 0) is 14.3 Å². The largest absolute Gasteiger partial charge is 0.386 e. The van der Waals surface area contributed by atoms with Crippen LogP contribution in [0.4, 0.5) is 0 Å². The molecule has 4 nitrogen and oxygen atoms in total. The van der Waals surface area contributed by atoms with Crippen LogP contribution in [0.3, 0.4) is 0 Å². The van der Waals surface area contributed by atoms with E-state index >= 15 is 0 Å². The lowest BCUT2D eigenvalue weighted by Gasteiger charge is -2.26. The number of hydrogen-bond donors (Lipinski definition) is 1. The number of rotatable bonds is 0. The van der Waals surface area contributed by atoms with E-state index in [1.165, 1.54) is 0 Å². The molecular weight excluding hydrogens is 192 g/mol. The molecule has 5 heteroatoms. The molecule has 0 radical (unpaired) electrons. The molecule has 5 atom stereocenters. The summed E-state index contributed by atoms with van der Waals surface area (Å²) in [5.41, 5.74) is -1.07. The lowest BCUT2D eigenvalue weighted by Crippen LogP contribution is -2.44. The Morgan fingerprint density at radius 3 is 2.77 bits per heavy atom. The van der Waals surface area contributed by atoms with Crippen molar-refractivity contribution in [1.82, 2.24) is 0 Å². The molecule has 0 aromatic heterocycles. The second kappa shape index (κ2) is 1.94. The summed E-state index contributed by atoms with van der Waals surface area (Å²) < 4.78 is 27.9. The van der Waals surface area contributed by atoms with Gasteiger partial charge in [0.05, 0.1) is 0 Å². The molecule has 2 bridgehead atoms. The smallest absolute Gasteiger partial charge is 0.273 e. The van der Waals surface area contributed by atoms with Crippen LogP contribution in [0.25, 0.3) is 0 Å². The van der Waals surface area contributed by atoms with E-state index in [9.17, 15) is 13.5 Å². The van der Waals surface area contributed by atoms with Gasteiger partial charge in [-0.3, -0.25) is 4.18 Å². The SMILES string of the molecule is CC1C2CC3C(O)(C2)C1OS3(=O)=O. The van der Waals surface area contributed by atoms with E-state index < -0.39 is 27.1 Å². The molecule has 0 aromatic rings. The van der Waals surface area contributed by atoms with Crippen molar-refractivity contribution < 1.29 is 17.7 Å². The van der Waals surface area contributed by atoms with Crippen LogP contribution in [0.5, 0.6) is 0 Å². The second-order valence-corrected chi connectivity index (χ2v) is 6.30. The third kappa shape index (κ3) is 0.727. The van der Waals surface area contributed by atoms with E-state index in [0.29, 0.717) is 18.8 Å². The summed E-state index contributed by atoms with van der Waals surface area (Å²) in [5, 5.41) is 9.50. The maximum absolute atomic E-state index is 11.4. The monoisotopic (exact) mass is 204 g/mol. The van der Waals surface area contributed by atoms with Gasteiger partial charge in [0.1, 0.15) is 17.0 Å². The molecule has 2 saturated carbocycles. The molecule has 0 aromatic carbocycles. The van der Waals surface area contributed by atoms with E-state index in [1.54, 1.807) is 0 Å². The highest BCUT2D eigenvalue weighted by Crippen LogP contribution is 2.59. The van der Waals surface area contributed by atoms with Crippen molar-refractivity contribution in [3.63, 3.8) is 0 Å². The van der Waals surface area contributed by atoms with E-state index in [0.717, 1.165) is 0 Å². The molecule has 1 N–H and O–H groups in total. The molecule has 0 amide bonds. The van der Waals surface area contributed by atoms with Crippen LogP contribution < -0.4 is 0 Å². The molecule has 3 aliphatic rings. The fourth-order valence-corrected chi connectivity index (χ4v) is 5.24. The third-order valence-electron chi connectivity index (χ3n) is 3.96. The van der Waals surface area contributed by atoms with E-state index in [-0.39, 0.29) is 5.92 Å². The number of fused-ring (bicyclic) bond motifs is 1. The third-order valence-corrected chi connectivity index (χ3v) is 5.74. The predicted octanol–water partition coefficient (Wildman–Crippen LogP) is -0.126. The van der Waals surface area contributed by atoms with Gasteiger partial charge in [0.2, 0.25) is 0 Å². The van der Waals surface area contributed by atoms with Crippen molar-refractivity contribution >= 4 is 10.1 Å². The molecule has 0 spiro atoms. The highest BCUT2D eigenvalue weighted by Gasteiger charge is 2.71. The summed E-state index contributed by atoms with van der Waals surface area (Å²) in [7, 11) is -3.47. The Morgan fingerprint density at radius 2 is 2.23 bits per heavy atom. The Balaban J connectivity index is 2.18. The number of hydrogen-bond acceptors (Lipinski definition) is 4. The van der Waals surface area contributed by atoms with Crippen LogP contribution in [0.1, 0.15) is 19.8 Å². The van der Waals surface area contributed by atoms with Crippen molar-refractivity contribution in [3.05, 3.63) is 0 Å². The van der Waals surface area contributed by atoms with Crippen molar-refractivity contribution in [3.8, 4) is 0 Å². The fourth-order valence-electron chi connectivity index (χ4n) is 3.27.